The lowest BCUT2D eigenvalue weighted by Gasteiger charge is -2.37. The Balaban J connectivity index is 2.38. The van der Waals surface area contributed by atoms with Crippen molar-refractivity contribution in [2.24, 2.45) is 5.92 Å². The van der Waals surface area contributed by atoms with Crippen molar-refractivity contribution in [3.05, 3.63) is 33.3 Å². The van der Waals surface area contributed by atoms with Gasteiger partial charge in [-0.05, 0) is 30.9 Å². The predicted molar refractivity (Wildman–Crippen MR) is 79.7 cm³/mol. The van der Waals surface area contributed by atoms with Crippen LogP contribution in [0.15, 0.2) is 18.2 Å². The number of aliphatic carboxylic acids is 1. The summed E-state index contributed by atoms with van der Waals surface area (Å²) in [5.74, 6) is -0.716. The Kier molecular flexibility index (Phi) is 4.37. The van der Waals surface area contributed by atoms with Crippen LogP contribution in [0.3, 0.4) is 0 Å². The van der Waals surface area contributed by atoms with Crippen molar-refractivity contribution < 1.29 is 14.8 Å². The van der Waals surface area contributed by atoms with Gasteiger partial charge in [0.2, 0.25) is 0 Å². The van der Waals surface area contributed by atoms with Gasteiger partial charge < -0.3 is 10.4 Å². The van der Waals surface area contributed by atoms with Gasteiger partial charge in [-0.25, -0.2) is 4.79 Å². The molecule has 114 valence electrons. The Bertz CT molecular complexity index is 578. The standard InChI is InChI=1S/C14H17ClN2O4/c1-9-3-2-6-14(8-9,13(18)19)16-11-5-4-10(15)7-12(11)17(20)21/h4-5,7,9,16H,2-3,6,8H2,1H3,(H,18,19). The second-order valence-electron chi connectivity index (χ2n) is 5.63. The molecule has 0 bridgehead atoms. The van der Waals surface area contributed by atoms with Gasteiger partial charge in [-0.3, -0.25) is 10.1 Å². The predicted octanol–water partition coefficient (Wildman–Crippen LogP) is 3.69. The van der Waals surface area contributed by atoms with E-state index >= 15 is 0 Å². The molecule has 0 heterocycles. The zero-order valence-electron chi connectivity index (χ0n) is 11.6. The number of carboxylic acids is 1. The lowest BCUT2D eigenvalue weighted by molar-refractivity contribution is -0.384. The monoisotopic (exact) mass is 312 g/mol. The highest BCUT2D eigenvalue weighted by molar-refractivity contribution is 6.30. The van der Waals surface area contributed by atoms with Gasteiger partial charge in [0.05, 0.1) is 4.92 Å². The van der Waals surface area contributed by atoms with Crippen LogP contribution in [0.2, 0.25) is 5.02 Å². The number of carboxylic acid groups (broad SMARTS) is 1. The molecule has 2 unspecified atom stereocenters. The molecule has 0 spiro atoms. The minimum Gasteiger partial charge on any atom is -0.480 e. The van der Waals surface area contributed by atoms with Crippen molar-refractivity contribution in [2.45, 2.75) is 38.1 Å². The molecule has 1 aliphatic rings. The largest absolute Gasteiger partial charge is 0.480 e. The quantitative estimate of drug-likeness (QED) is 0.653. The molecule has 1 aromatic rings. The number of carbonyl (C=O) groups is 1. The highest BCUT2D eigenvalue weighted by Gasteiger charge is 2.43. The molecular weight excluding hydrogens is 296 g/mol. The Morgan fingerprint density at radius 3 is 2.86 bits per heavy atom. The Morgan fingerprint density at radius 2 is 2.29 bits per heavy atom. The smallest absolute Gasteiger partial charge is 0.329 e. The average molecular weight is 313 g/mol. The third kappa shape index (κ3) is 3.26. The van der Waals surface area contributed by atoms with Crippen LogP contribution in [0.5, 0.6) is 0 Å². The molecule has 1 fully saturated rings. The van der Waals surface area contributed by atoms with Crippen LogP contribution < -0.4 is 5.32 Å². The van der Waals surface area contributed by atoms with E-state index in [0.29, 0.717) is 12.8 Å². The summed E-state index contributed by atoms with van der Waals surface area (Å²) >= 11 is 5.78. The van der Waals surface area contributed by atoms with E-state index in [1.165, 1.54) is 18.2 Å². The highest BCUT2D eigenvalue weighted by atomic mass is 35.5. The molecule has 1 aliphatic carbocycles. The molecule has 1 saturated carbocycles. The van der Waals surface area contributed by atoms with Crippen LogP contribution in [0.25, 0.3) is 0 Å². The summed E-state index contributed by atoms with van der Waals surface area (Å²) < 4.78 is 0. The van der Waals surface area contributed by atoms with Crippen LogP contribution >= 0.6 is 11.6 Å². The van der Waals surface area contributed by atoms with Crippen molar-refractivity contribution in [3.63, 3.8) is 0 Å². The number of rotatable bonds is 4. The van der Waals surface area contributed by atoms with Gasteiger partial charge in [-0.1, -0.05) is 31.4 Å². The first-order valence-corrected chi connectivity index (χ1v) is 7.17. The molecule has 0 saturated heterocycles. The number of halogens is 1. The summed E-state index contributed by atoms with van der Waals surface area (Å²) in [6.07, 6.45) is 2.65. The van der Waals surface area contributed by atoms with E-state index in [1.807, 2.05) is 6.92 Å². The average Bonchev–Trinajstić information content (AvgIpc) is 2.40. The third-order valence-corrected chi connectivity index (χ3v) is 4.17. The van der Waals surface area contributed by atoms with E-state index < -0.39 is 16.4 Å². The second kappa shape index (κ2) is 5.89. The van der Waals surface area contributed by atoms with Gasteiger partial charge in [-0.15, -0.1) is 0 Å². The maximum absolute atomic E-state index is 11.7. The lowest BCUT2D eigenvalue weighted by Crippen LogP contribution is -2.49. The molecule has 7 heteroatoms. The van der Waals surface area contributed by atoms with Gasteiger partial charge in [0.25, 0.3) is 5.69 Å². The molecule has 0 aliphatic heterocycles. The number of nitro benzene ring substituents is 1. The first-order chi connectivity index (χ1) is 9.84. The van der Waals surface area contributed by atoms with E-state index in [-0.39, 0.29) is 22.3 Å². The number of hydrogen-bond acceptors (Lipinski definition) is 4. The molecule has 0 amide bonds. The summed E-state index contributed by atoms with van der Waals surface area (Å²) in [4.78, 5) is 22.3. The SMILES string of the molecule is CC1CCCC(Nc2ccc(Cl)cc2[N+](=O)[O-])(C(=O)O)C1. The zero-order chi connectivity index (χ0) is 15.6. The molecule has 6 nitrogen and oxygen atoms in total. The molecule has 2 N–H and O–H groups in total. The number of nitrogens with one attached hydrogen (secondary N) is 1. The van der Waals surface area contributed by atoms with Gasteiger partial charge in [0, 0.05) is 11.1 Å². The summed E-state index contributed by atoms with van der Waals surface area (Å²) in [5, 5.41) is 23.9. The topological polar surface area (TPSA) is 92.5 Å². The lowest BCUT2D eigenvalue weighted by atomic mass is 9.76. The molecule has 1 aromatic carbocycles. The van der Waals surface area contributed by atoms with Gasteiger partial charge >= 0.3 is 5.97 Å². The molecule has 2 atom stereocenters. The fourth-order valence-corrected chi connectivity index (χ4v) is 3.10. The summed E-state index contributed by atoms with van der Waals surface area (Å²) in [7, 11) is 0. The number of benzene rings is 1. The normalized spacial score (nSPS) is 25.3. The molecule has 21 heavy (non-hydrogen) atoms. The van der Waals surface area contributed by atoms with Gasteiger partial charge in [0.1, 0.15) is 11.2 Å². The van der Waals surface area contributed by atoms with E-state index in [1.54, 1.807) is 0 Å². The zero-order valence-corrected chi connectivity index (χ0v) is 12.4. The van der Waals surface area contributed by atoms with Crippen molar-refractivity contribution in [1.82, 2.24) is 0 Å². The van der Waals surface area contributed by atoms with Gasteiger partial charge in [0.15, 0.2) is 0 Å². The van der Waals surface area contributed by atoms with E-state index in [2.05, 4.69) is 5.32 Å². The second-order valence-corrected chi connectivity index (χ2v) is 6.07. The fourth-order valence-electron chi connectivity index (χ4n) is 2.93. The van der Waals surface area contributed by atoms with E-state index in [4.69, 9.17) is 11.6 Å². The number of anilines is 1. The molecular formula is C14H17ClN2O4. The minimum atomic E-state index is -1.16. The Hall–Kier alpha value is -1.82. The third-order valence-electron chi connectivity index (χ3n) is 3.94. The first kappa shape index (κ1) is 15.6. The Labute approximate surface area is 127 Å². The van der Waals surface area contributed by atoms with Gasteiger partial charge in [-0.2, -0.15) is 0 Å². The minimum absolute atomic E-state index is 0.195. The van der Waals surface area contributed by atoms with Crippen LogP contribution in [0, 0.1) is 16.0 Å². The summed E-state index contributed by atoms with van der Waals surface area (Å²) in [5.41, 5.74) is -1.17. The fraction of sp³-hybridized carbons (Fsp3) is 0.500. The Morgan fingerprint density at radius 1 is 1.57 bits per heavy atom. The first-order valence-electron chi connectivity index (χ1n) is 6.79. The summed E-state index contributed by atoms with van der Waals surface area (Å²) in [6.45, 7) is 1.99. The van der Waals surface area contributed by atoms with Crippen LogP contribution in [0.1, 0.15) is 32.6 Å². The molecule has 0 aromatic heterocycles. The van der Waals surface area contributed by atoms with Crippen molar-refractivity contribution in [1.29, 1.82) is 0 Å². The van der Waals surface area contributed by atoms with Crippen molar-refractivity contribution in [3.8, 4) is 0 Å². The van der Waals surface area contributed by atoms with E-state index in [0.717, 1.165) is 12.8 Å². The van der Waals surface area contributed by atoms with Crippen molar-refractivity contribution in [2.75, 3.05) is 5.32 Å². The highest BCUT2D eigenvalue weighted by Crippen LogP contribution is 2.38. The number of hydrogen-bond donors (Lipinski definition) is 2. The molecule has 2 rings (SSSR count). The maximum atomic E-state index is 11.7. The van der Waals surface area contributed by atoms with Crippen molar-refractivity contribution >= 4 is 28.9 Å². The maximum Gasteiger partial charge on any atom is 0.329 e. The van der Waals surface area contributed by atoms with Crippen LogP contribution in [0.4, 0.5) is 11.4 Å². The van der Waals surface area contributed by atoms with Crippen LogP contribution in [-0.4, -0.2) is 21.5 Å². The van der Waals surface area contributed by atoms with E-state index in [9.17, 15) is 20.0 Å². The number of nitrogens with zero attached hydrogens (tertiary/aromatic N) is 1. The molecule has 0 radical (unpaired) electrons. The number of nitro groups is 1. The van der Waals surface area contributed by atoms with Crippen LogP contribution in [-0.2, 0) is 4.79 Å². The summed E-state index contributed by atoms with van der Waals surface area (Å²) in [6, 6.07) is 4.20.